The Balaban J connectivity index is 1.66. The van der Waals surface area contributed by atoms with Crippen molar-refractivity contribution in [3.63, 3.8) is 0 Å². The van der Waals surface area contributed by atoms with E-state index in [0.717, 1.165) is 17.0 Å². The number of urea groups is 1. The predicted molar refractivity (Wildman–Crippen MR) is 101 cm³/mol. The Morgan fingerprint density at radius 1 is 1.13 bits per heavy atom. The predicted octanol–water partition coefficient (Wildman–Crippen LogP) is 3.64. The molecule has 0 radical (unpaired) electrons. The van der Waals surface area contributed by atoms with Crippen LogP contribution in [0.25, 0.3) is 0 Å². The van der Waals surface area contributed by atoms with Crippen molar-refractivity contribution in [1.82, 2.24) is 10.2 Å². The van der Waals surface area contributed by atoms with Gasteiger partial charge >= 0.3 is 12.4 Å². The maximum absolute atomic E-state index is 12.8. The van der Waals surface area contributed by atoms with E-state index in [0.29, 0.717) is 10.6 Å². The van der Waals surface area contributed by atoms with Crippen LogP contribution in [0.15, 0.2) is 48.5 Å². The minimum Gasteiger partial charge on any atom is -0.406 e. The molecule has 0 aromatic heterocycles. The van der Waals surface area contributed by atoms with Crippen molar-refractivity contribution < 1.29 is 32.3 Å². The number of hydrogen-bond acceptors (Lipinski definition) is 4. The van der Waals surface area contributed by atoms with Crippen LogP contribution < -0.4 is 15.4 Å². The summed E-state index contributed by atoms with van der Waals surface area (Å²) in [5.41, 5.74) is -0.700. The molecule has 1 saturated heterocycles. The van der Waals surface area contributed by atoms with Crippen molar-refractivity contribution in [2.45, 2.75) is 18.8 Å². The number of imide groups is 1. The molecular weight excluding hydrogens is 427 g/mol. The number of hydrogen-bond donors (Lipinski definition) is 2. The summed E-state index contributed by atoms with van der Waals surface area (Å²) in [6.45, 7) is 0.933. The quantitative estimate of drug-likeness (QED) is 0.693. The number of benzene rings is 2. The van der Waals surface area contributed by atoms with Gasteiger partial charge in [-0.2, -0.15) is 0 Å². The minimum absolute atomic E-state index is 0.169. The van der Waals surface area contributed by atoms with Gasteiger partial charge in [-0.25, -0.2) is 4.79 Å². The minimum atomic E-state index is -4.83. The van der Waals surface area contributed by atoms with Crippen molar-refractivity contribution in [1.29, 1.82) is 0 Å². The third-order valence-electron chi connectivity index (χ3n) is 4.37. The molecule has 4 amide bonds. The van der Waals surface area contributed by atoms with Crippen LogP contribution in [0.5, 0.6) is 5.75 Å². The van der Waals surface area contributed by atoms with Crippen LogP contribution in [0.3, 0.4) is 0 Å². The topological polar surface area (TPSA) is 87.7 Å². The summed E-state index contributed by atoms with van der Waals surface area (Å²) in [5, 5.41) is 5.42. The number of carbonyl (C=O) groups excluding carboxylic acids is 3. The van der Waals surface area contributed by atoms with Gasteiger partial charge in [0.1, 0.15) is 17.8 Å². The van der Waals surface area contributed by atoms with Gasteiger partial charge in [-0.05, 0) is 48.9 Å². The Morgan fingerprint density at radius 2 is 1.73 bits per heavy atom. The summed E-state index contributed by atoms with van der Waals surface area (Å²) in [7, 11) is 0. The lowest BCUT2D eigenvalue weighted by molar-refractivity contribution is -0.274. The molecule has 1 fully saturated rings. The fourth-order valence-electron chi connectivity index (χ4n) is 2.90. The van der Waals surface area contributed by atoms with Crippen molar-refractivity contribution in [2.24, 2.45) is 0 Å². The first-order chi connectivity index (χ1) is 14.0. The Kier molecular flexibility index (Phi) is 5.62. The second kappa shape index (κ2) is 7.86. The van der Waals surface area contributed by atoms with Crippen LogP contribution in [-0.4, -0.2) is 35.7 Å². The van der Waals surface area contributed by atoms with Gasteiger partial charge in [-0.1, -0.05) is 23.7 Å². The molecule has 0 unspecified atom stereocenters. The molecule has 1 atom stereocenters. The molecule has 2 N–H and O–H groups in total. The SMILES string of the molecule is C[C@]1(c2ccc(Cl)cc2)NC(=O)N(CC(=O)Nc2ccc(OC(F)(F)F)cc2)C1=O. The molecule has 11 heteroatoms. The Bertz CT molecular complexity index is 980. The van der Waals surface area contributed by atoms with Crippen LogP contribution in [0.4, 0.5) is 23.7 Å². The van der Waals surface area contributed by atoms with Gasteiger partial charge in [-0.15, -0.1) is 13.2 Å². The highest BCUT2D eigenvalue weighted by Gasteiger charge is 2.49. The standard InChI is InChI=1S/C19H15ClF3N3O4/c1-18(11-2-4-12(20)5-3-11)16(28)26(17(29)25-18)10-15(27)24-13-6-8-14(9-7-13)30-19(21,22)23/h2-9H,10H2,1H3,(H,24,27)(H,25,29)/t18-/m1/s1. The highest BCUT2D eigenvalue weighted by atomic mass is 35.5. The fraction of sp³-hybridized carbons (Fsp3) is 0.211. The van der Waals surface area contributed by atoms with Crippen molar-refractivity contribution in [3.8, 4) is 5.75 Å². The van der Waals surface area contributed by atoms with E-state index < -0.39 is 42.0 Å². The lowest BCUT2D eigenvalue weighted by Gasteiger charge is -2.22. The summed E-state index contributed by atoms with van der Waals surface area (Å²) >= 11 is 5.85. The zero-order valence-electron chi connectivity index (χ0n) is 15.4. The third kappa shape index (κ3) is 4.65. The number of rotatable bonds is 5. The number of nitrogens with zero attached hydrogens (tertiary/aromatic N) is 1. The monoisotopic (exact) mass is 441 g/mol. The normalized spacial score (nSPS) is 18.9. The Morgan fingerprint density at radius 3 is 2.30 bits per heavy atom. The van der Waals surface area contributed by atoms with E-state index >= 15 is 0 Å². The van der Waals surface area contributed by atoms with Gasteiger partial charge in [0.2, 0.25) is 5.91 Å². The van der Waals surface area contributed by atoms with Gasteiger partial charge < -0.3 is 15.4 Å². The second-order valence-electron chi connectivity index (χ2n) is 6.57. The van der Waals surface area contributed by atoms with Crippen LogP contribution >= 0.6 is 11.6 Å². The number of halogens is 4. The van der Waals surface area contributed by atoms with E-state index in [-0.39, 0.29) is 5.69 Å². The Labute approximate surface area is 173 Å². The smallest absolute Gasteiger partial charge is 0.406 e. The van der Waals surface area contributed by atoms with Crippen molar-refractivity contribution >= 4 is 35.1 Å². The van der Waals surface area contributed by atoms with Crippen LogP contribution in [0.2, 0.25) is 5.02 Å². The fourth-order valence-corrected chi connectivity index (χ4v) is 3.03. The van der Waals surface area contributed by atoms with Gasteiger partial charge in [0.15, 0.2) is 0 Å². The highest BCUT2D eigenvalue weighted by Crippen LogP contribution is 2.30. The molecule has 158 valence electrons. The molecule has 30 heavy (non-hydrogen) atoms. The number of amides is 4. The van der Waals surface area contributed by atoms with E-state index in [9.17, 15) is 27.6 Å². The van der Waals surface area contributed by atoms with E-state index in [1.165, 1.54) is 19.1 Å². The van der Waals surface area contributed by atoms with Crippen LogP contribution in [-0.2, 0) is 15.1 Å². The number of nitrogens with one attached hydrogen (secondary N) is 2. The van der Waals surface area contributed by atoms with Gasteiger partial charge in [-0.3, -0.25) is 14.5 Å². The van der Waals surface area contributed by atoms with E-state index in [1.807, 2.05) is 0 Å². The second-order valence-corrected chi connectivity index (χ2v) is 7.01. The van der Waals surface area contributed by atoms with E-state index in [2.05, 4.69) is 15.4 Å². The average Bonchev–Trinajstić information content (AvgIpc) is 2.87. The van der Waals surface area contributed by atoms with Crippen LogP contribution in [0, 0.1) is 0 Å². The van der Waals surface area contributed by atoms with Gasteiger partial charge in [0, 0.05) is 10.7 Å². The van der Waals surface area contributed by atoms with Gasteiger partial charge in [0.25, 0.3) is 5.91 Å². The molecule has 1 aliphatic heterocycles. The molecule has 1 heterocycles. The summed E-state index contributed by atoms with van der Waals surface area (Å²) in [6.07, 6.45) is -4.83. The maximum atomic E-state index is 12.8. The highest BCUT2D eigenvalue weighted by molar-refractivity contribution is 6.30. The van der Waals surface area contributed by atoms with E-state index in [1.54, 1.807) is 24.3 Å². The molecule has 2 aromatic rings. The lowest BCUT2D eigenvalue weighted by atomic mass is 9.92. The summed E-state index contributed by atoms with van der Waals surface area (Å²) < 4.78 is 40.3. The van der Waals surface area contributed by atoms with E-state index in [4.69, 9.17) is 11.6 Å². The zero-order chi connectivity index (χ0) is 22.1. The number of anilines is 1. The molecule has 2 aromatic carbocycles. The van der Waals surface area contributed by atoms with Crippen molar-refractivity contribution in [2.75, 3.05) is 11.9 Å². The molecule has 0 spiro atoms. The third-order valence-corrected chi connectivity index (χ3v) is 4.62. The Hall–Kier alpha value is -3.27. The van der Waals surface area contributed by atoms with Crippen LogP contribution in [0.1, 0.15) is 12.5 Å². The number of ether oxygens (including phenoxy) is 1. The molecule has 3 rings (SSSR count). The summed E-state index contributed by atoms with van der Waals surface area (Å²) in [5.74, 6) is -1.78. The molecule has 7 nitrogen and oxygen atoms in total. The molecule has 0 aliphatic carbocycles. The van der Waals surface area contributed by atoms with Crippen molar-refractivity contribution in [3.05, 3.63) is 59.1 Å². The number of carbonyl (C=O) groups is 3. The first-order valence-electron chi connectivity index (χ1n) is 8.54. The maximum Gasteiger partial charge on any atom is 0.573 e. The average molecular weight is 442 g/mol. The summed E-state index contributed by atoms with van der Waals surface area (Å²) in [4.78, 5) is 38.1. The first-order valence-corrected chi connectivity index (χ1v) is 8.91. The zero-order valence-corrected chi connectivity index (χ0v) is 16.2. The number of alkyl halides is 3. The largest absolute Gasteiger partial charge is 0.573 e. The first kappa shape index (κ1) is 21.4. The molecule has 0 saturated carbocycles. The molecular formula is C19H15ClF3N3O4. The molecule has 1 aliphatic rings. The lowest BCUT2D eigenvalue weighted by Crippen LogP contribution is -2.42. The van der Waals surface area contributed by atoms with Gasteiger partial charge in [0.05, 0.1) is 0 Å². The molecule has 0 bridgehead atoms. The summed E-state index contributed by atoms with van der Waals surface area (Å²) in [6, 6.07) is 10.0.